The number of rotatable bonds is 2. The number of nitrogens with one attached hydrogen (secondary N) is 1. The van der Waals surface area contributed by atoms with Gasteiger partial charge in [0.25, 0.3) is 11.7 Å². The summed E-state index contributed by atoms with van der Waals surface area (Å²) in [6, 6.07) is 2.08. The van der Waals surface area contributed by atoms with Crippen LogP contribution in [0.15, 0.2) is 6.07 Å². The molecule has 24 heavy (non-hydrogen) atoms. The minimum atomic E-state index is -0.212. The van der Waals surface area contributed by atoms with Gasteiger partial charge in [0.15, 0.2) is 0 Å². The molecule has 0 aliphatic heterocycles. The molecule has 2 aromatic heterocycles. The molecule has 0 aromatic carbocycles. The number of nitrogens with zero attached hydrogens (tertiary/aromatic N) is 4. The lowest BCUT2D eigenvalue weighted by Gasteiger charge is -2.45. The Morgan fingerprint density at radius 3 is 2.42 bits per heavy atom. The van der Waals surface area contributed by atoms with E-state index < -0.39 is 0 Å². The Bertz CT molecular complexity index is 774. The van der Waals surface area contributed by atoms with Crippen LogP contribution in [0.1, 0.15) is 69.0 Å². The largest absolute Gasteiger partial charge is 0.346 e. The van der Waals surface area contributed by atoms with Crippen LogP contribution in [0.3, 0.4) is 0 Å². The van der Waals surface area contributed by atoms with Gasteiger partial charge in [-0.15, -0.1) is 5.10 Å². The predicted octanol–water partition coefficient (Wildman–Crippen LogP) is 3.08. The van der Waals surface area contributed by atoms with Crippen LogP contribution in [-0.2, 0) is 0 Å². The molecular weight excluding hydrogens is 302 g/mol. The van der Waals surface area contributed by atoms with E-state index >= 15 is 0 Å². The molecule has 0 unspecified atom stereocenters. The zero-order valence-electron chi connectivity index (χ0n) is 15.5. The first-order chi connectivity index (χ1) is 11.0. The monoisotopic (exact) mass is 329 g/mol. The summed E-state index contributed by atoms with van der Waals surface area (Å²) in [6.07, 6.45) is 3.12. The van der Waals surface area contributed by atoms with Crippen LogP contribution < -0.4 is 5.32 Å². The van der Waals surface area contributed by atoms with E-state index in [1.54, 1.807) is 4.52 Å². The molecule has 6 heteroatoms. The van der Waals surface area contributed by atoms with Crippen LogP contribution in [0.25, 0.3) is 5.78 Å². The number of carbonyl (C=O) groups is 1. The van der Waals surface area contributed by atoms with Crippen molar-refractivity contribution in [1.29, 1.82) is 0 Å². The summed E-state index contributed by atoms with van der Waals surface area (Å²) >= 11 is 0. The molecule has 3 rings (SSSR count). The number of carbonyl (C=O) groups excluding carboxylic acids is 1. The lowest BCUT2D eigenvalue weighted by Crippen LogP contribution is -2.46. The Balaban J connectivity index is 1.81. The molecule has 1 amide bonds. The molecule has 1 saturated carbocycles. The number of hydrogen-bond donors (Lipinski definition) is 1. The number of aromatic nitrogens is 4. The minimum absolute atomic E-state index is 0.152. The SMILES string of the molecule is Cc1cc(C)n2nc(C(=O)NC3CC(C)(C)CC(C)(C)C3)nc2n1. The van der Waals surface area contributed by atoms with Crippen molar-refractivity contribution in [2.75, 3.05) is 0 Å². The number of fused-ring (bicyclic) bond motifs is 1. The van der Waals surface area contributed by atoms with E-state index in [-0.39, 0.29) is 28.6 Å². The van der Waals surface area contributed by atoms with Crippen LogP contribution in [0.4, 0.5) is 0 Å². The summed E-state index contributed by atoms with van der Waals surface area (Å²) in [4.78, 5) is 21.3. The second-order valence-electron chi connectivity index (χ2n) is 8.77. The molecule has 0 spiro atoms. The number of amides is 1. The maximum Gasteiger partial charge on any atom is 0.291 e. The van der Waals surface area contributed by atoms with E-state index in [0.717, 1.165) is 24.2 Å². The number of hydrogen-bond acceptors (Lipinski definition) is 4. The lowest BCUT2D eigenvalue weighted by molar-refractivity contribution is 0.0707. The molecule has 0 atom stereocenters. The van der Waals surface area contributed by atoms with Crippen LogP contribution >= 0.6 is 0 Å². The standard InChI is InChI=1S/C18H27N5O/c1-11-7-12(2)23-16(19-11)21-14(22-23)15(24)20-13-8-17(3,4)10-18(5,6)9-13/h7,13H,8-10H2,1-6H3,(H,20,24). The topological polar surface area (TPSA) is 72.2 Å². The average molecular weight is 329 g/mol. The van der Waals surface area contributed by atoms with Crippen molar-refractivity contribution in [3.05, 3.63) is 23.3 Å². The third kappa shape index (κ3) is 3.42. The van der Waals surface area contributed by atoms with Gasteiger partial charge in [-0.05, 0) is 50.0 Å². The second kappa shape index (κ2) is 5.53. The smallest absolute Gasteiger partial charge is 0.291 e. The fourth-order valence-electron chi connectivity index (χ4n) is 4.46. The number of aryl methyl sites for hydroxylation is 2. The normalized spacial score (nSPS) is 20.2. The van der Waals surface area contributed by atoms with Crippen molar-refractivity contribution >= 4 is 11.7 Å². The second-order valence-corrected chi connectivity index (χ2v) is 8.77. The third-order valence-electron chi connectivity index (χ3n) is 4.71. The zero-order chi connectivity index (χ0) is 17.7. The molecule has 6 nitrogen and oxygen atoms in total. The van der Waals surface area contributed by atoms with E-state index in [1.807, 2.05) is 19.9 Å². The minimum Gasteiger partial charge on any atom is -0.346 e. The Morgan fingerprint density at radius 1 is 1.17 bits per heavy atom. The van der Waals surface area contributed by atoms with Gasteiger partial charge in [0.2, 0.25) is 5.82 Å². The molecule has 2 aromatic rings. The van der Waals surface area contributed by atoms with Gasteiger partial charge in [0.05, 0.1) is 0 Å². The van der Waals surface area contributed by atoms with E-state index in [2.05, 4.69) is 48.1 Å². The molecule has 0 bridgehead atoms. The van der Waals surface area contributed by atoms with E-state index in [9.17, 15) is 4.79 Å². The highest BCUT2D eigenvalue weighted by Crippen LogP contribution is 2.45. The molecule has 1 N–H and O–H groups in total. The first kappa shape index (κ1) is 16.9. The van der Waals surface area contributed by atoms with Gasteiger partial charge in [-0.3, -0.25) is 4.79 Å². The van der Waals surface area contributed by atoms with Crippen molar-refractivity contribution in [2.24, 2.45) is 10.8 Å². The Kier molecular flexibility index (Phi) is 3.89. The molecule has 1 fully saturated rings. The molecule has 0 radical (unpaired) electrons. The first-order valence-corrected chi connectivity index (χ1v) is 8.57. The summed E-state index contributed by atoms with van der Waals surface area (Å²) < 4.78 is 1.62. The summed E-state index contributed by atoms with van der Waals surface area (Å²) in [6.45, 7) is 12.9. The Hall–Kier alpha value is -1.98. The van der Waals surface area contributed by atoms with Crippen LogP contribution in [-0.4, -0.2) is 31.5 Å². The summed E-state index contributed by atoms with van der Waals surface area (Å²) in [7, 11) is 0. The average Bonchev–Trinajstić information content (AvgIpc) is 2.78. The molecule has 1 aliphatic carbocycles. The Morgan fingerprint density at radius 2 is 1.79 bits per heavy atom. The predicted molar refractivity (Wildman–Crippen MR) is 92.9 cm³/mol. The molecule has 130 valence electrons. The molecule has 1 aliphatic rings. The maximum absolute atomic E-state index is 12.6. The van der Waals surface area contributed by atoms with Crippen LogP contribution in [0, 0.1) is 24.7 Å². The van der Waals surface area contributed by atoms with Gasteiger partial charge in [0, 0.05) is 17.4 Å². The molecular formula is C18H27N5O. The van der Waals surface area contributed by atoms with E-state index in [1.165, 1.54) is 6.42 Å². The van der Waals surface area contributed by atoms with Gasteiger partial charge in [-0.1, -0.05) is 27.7 Å². The quantitative estimate of drug-likeness (QED) is 0.919. The van der Waals surface area contributed by atoms with Crippen molar-refractivity contribution in [3.8, 4) is 0 Å². The highest BCUT2D eigenvalue weighted by atomic mass is 16.2. The van der Waals surface area contributed by atoms with Gasteiger partial charge in [0.1, 0.15) is 0 Å². The van der Waals surface area contributed by atoms with Gasteiger partial charge in [-0.25, -0.2) is 9.50 Å². The summed E-state index contributed by atoms with van der Waals surface area (Å²) in [5.41, 5.74) is 2.24. The first-order valence-electron chi connectivity index (χ1n) is 8.57. The van der Waals surface area contributed by atoms with E-state index in [0.29, 0.717) is 5.78 Å². The highest BCUT2D eigenvalue weighted by Gasteiger charge is 2.39. The van der Waals surface area contributed by atoms with Crippen LogP contribution in [0.5, 0.6) is 0 Å². The van der Waals surface area contributed by atoms with Gasteiger partial charge < -0.3 is 5.32 Å². The van der Waals surface area contributed by atoms with Gasteiger partial charge >= 0.3 is 0 Å². The van der Waals surface area contributed by atoms with Gasteiger partial charge in [-0.2, -0.15) is 4.98 Å². The zero-order valence-corrected chi connectivity index (χ0v) is 15.5. The van der Waals surface area contributed by atoms with Crippen molar-refractivity contribution in [3.63, 3.8) is 0 Å². The van der Waals surface area contributed by atoms with Crippen molar-refractivity contribution in [2.45, 2.75) is 66.8 Å². The summed E-state index contributed by atoms with van der Waals surface area (Å²) in [5, 5.41) is 7.46. The highest BCUT2D eigenvalue weighted by molar-refractivity contribution is 5.91. The lowest BCUT2D eigenvalue weighted by atomic mass is 9.63. The fraction of sp³-hybridized carbons (Fsp3) is 0.667. The van der Waals surface area contributed by atoms with Crippen LogP contribution in [0.2, 0.25) is 0 Å². The summed E-state index contributed by atoms with van der Waals surface area (Å²) in [5.74, 6) is 0.454. The maximum atomic E-state index is 12.6. The molecule has 2 heterocycles. The fourth-order valence-corrected chi connectivity index (χ4v) is 4.46. The van der Waals surface area contributed by atoms with E-state index in [4.69, 9.17) is 0 Å². The Labute approximate surface area is 143 Å². The van der Waals surface area contributed by atoms with Crippen molar-refractivity contribution in [1.82, 2.24) is 24.9 Å². The molecule has 0 saturated heterocycles. The van der Waals surface area contributed by atoms with Crippen molar-refractivity contribution < 1.29 is 4.79 Å². The third-order valence-corrected chi connectivity index (χ3v) is 4.71.